The summed E-state index contributed by atoms with van der Waals surface area (Å²) in [6, 6.07) is 15.5. The molecule has 1 N–H and O–H groups in total. The van der Waals surface area contributed by atoms with Gasteiger partial charge in [0.05, 0.1) is 0 Å². The summed E-state index contributed by atoms with van der Waals surface area (Å²) in [6.45, 7) is 11.5. The molecule has 0 atom stereocenters. The number of hydrogen-bond acceptors (Lipinski definition) is 2. The maximum atomic E-state index is 5.94. The number of benzene rings is 2. The Labute approximate surface area is 162 Å². The number of nitrogens with one attached hydrogen (secondary N) is 1. The van der Waals surface area contributed by atoms with E-state index in [1.165, 1.54) is 33.3 Å². The van der Waals surface area contributed by atoms with Gasteiger partial charge in [0.15, 0.2) is 0 Å². The van der Waals surface area contributed by atoms with Gasteiger partial charge < -0.3 is 14.6 Å². The molecule has 1 aliphatic rings. The van der Waals surface area contributed by atoms with Gasteiger partial charge in [0.1, 0.15) is 11.4 Å². The minimum absolute atomic E-state index is 0.156. The highest BCUT2D eigenvalue weighted by molar-refractivity contribution is 5.86. The second-order valence-electron chi connectivity index (χ2n) is 8.63. The van der Waals surface area contributed by atoms with Crippen LogP contribution in [0.25, 0.3) is 10.9 Å². The lowest BCUT2D eigenvalue weighted by Crippen LogP contribution is -2.24. The van der Waals surface area contributed by atoms with Gasteiger partial charge >= 0.3 is 0 Å². The largest absolute Gasteiger partial charge is 0.488 e. The number of aryl methyl sites for hydroxylation is 3. The number of hydrogen-bond donors (Lipinski definition) is 1. The lowest BCUT2D eigenvalue weighted by atomic mass is 10.0. The quantitative estimate of drug-likeness (QED) is 0.706. The van der Waals surface area contributed by atoms with E-state index in [1.807, 2.05) is 0 Å². The lowest BCUT2D eigenvalue weighted by molar-refractivity contribution is 0.131. The molecule has 142 valence electrons. The molecule has 0 saturated carbocycles. The standard InChI is InChI=1S/C24H30N2O/c1-17-5-10-22-20(15-17)21-16-25-13-11-23(21)26(22)14-12-18-6-8-19(9-7-18)27-24(2,3)4/h5-10,15,25H,11-14,16H2,1-4H3. The van der Waals surface area contributed by atoms with Crippen LogP contribution in [0.4, 0.5) is 0 Å². The molecule has 4 rings (SSSR count). The zero-order chi connectivity index (χ0) is 19.0. The van der Waals surface area contributed by atoms with E-state index in [9.17, 15) is 0 Å². The van der Waals surface area contributed by atoms with Gasteiger partial charge in [0.2, 0.25) is 0 Å². The van der Waals surface area contributed by atoms with Crippen LogP contribution in [0.3, 0.4) is 0 Å². The third-order valence-electron chi connectivity index (χ3n) is 5.25. The molecule has 3 heteroatoms. The first-order chi connectivity index (χ1) is 12.9. The number of ether oxygens (including phenoxy) is 1. The summed E-state index contributed by atoms with van der Waals surface area (Å²) in [4.78, 5) is 0. The highest BCUT2D eigenvalue weighted by Gasteiger charge is 2.19. The normalized spacial score (nSPS) is 14.4. The molecule has 0 spiro atoms. The average Bonchev–Trinajstić information content (AvgIpc) is 2.93. The molecule has 3 nitrogen and oxygen atoms in total. The Morgan fingerprint density at radius 1 is 1.07 bits per heavy atom. The third kappa shape index (κ3) is 3.89. The Bertz CT molecular complexity index is 945. The van der Waals surface area contributed by atoms with Crippen LogP contribution in [-0.2, 0) is 25.9 Å². The first-order valence-corrected chi connectivity index (χ1v) is 10.00. The van der Waals surface area contributed by atoms with Crippen LogP contribution >= 0.6 is 0 Å². The molecular formula is C24H30N2O. The van der Waals surface area contributed by atoms with E-state index < -0.39 is 0 Å². The van der Waals surface area contributed by atoms with Crippen molar-refractivity contribution in [2.75, 3.05) is 6.54 Å². The fraction of sp³-hybridized carbons (Fsp3) is 0.417. The molecule has 1 aromatic heterocycles. The van der Waals surface area contributed by atoms with Gasteiger partial charge in [-0.05, 0) is 69.5 Å². The molecule has 2 aromatic carbocycles. The monoisotopic (exact) mass is 362 g/mol. The van der Waals surface area contributed by atoms with Crippen molar-refractivity contribution < 1.29 is 4.74 Å². The minimum atomic E-state index is -0.156. The second kappa shape index (κ2) is 7.05. The van der Waals surface area contributed by atoms with Crippen LogP contribution in [0.2, 0.25) is 0 Å². The van der Waals surface area contributed by atoms with Crippen molar-refractivity contribution in [2.45, 2.75) is 59.2 Å². The Morgan fingerprint density at radius 2 is 1.85 bits per heavy atom. The van der Waals surface area contributed by atoms with Crippen molar-refractivity contribution in [3.05, 3.63) is 64.8 Å². The van der Waals surface area contributed by atoms with Gasteiger partial charge in [-0.1, -0.05) is 23.8 Å². The van der Waals surface area contributed by atoms with Crippen LogP contribution in [-0.4, -0.2) is 16.7 Å². The van der Waals surface area contributed by atoms with Gasteiger partial charge in [-0.3, -0.25) is 0 Å². The van der Waals surface area contributed by atoms with Crippen molar-refractivity contribution >= 4 is 10.9 Å². The van der Waals surface area contributed by atoms with E-state index in [1.54, 1.807) is 0 Å². The minimum Gasteiger partial charge on any atom is -0.488 e. The number of rotatable bonds is 4. The topological polar surface area (TPSA) is 26.2 Å². The van der Waals surface area contributed by atoms with Crippen molar-refractivity contribution in [1.29, 1.82) is 0 Å². The Kier molecular flexibility index (Phi) is 4.73. The maximum absolute atomic E-state index is 5.94. The van der Waals surface area contributed by atoms with Crippen molar-refractivity contribution in [3.8, 4) is 5.75 Å². The molecule has 0 aliphatic carbocycles. The number of aromatic nitrogens is 1. The highest BCUT2D eigenvalue weighted by atomic mass is 16.5. The van der Waals surface area contributed by atoms with E-state index in [-0.39, 0.29) is 5.60 Å². The third-order valence-corrected chi connectivity index (χ3v) is 5.25. The molecule has 3 aromatic rings. The van der Waals surface area contributed by atoms with Crippen LogP contribution < -0.4 is 10.1 Å². The predicted octanol–water partition coefficient (Wildman–Crippen LogP) is 5.02. The summed E-state index contributed by atoms with van der Waals surface area (Å²) in [5.74, 6) is 0.941. The number of nitrogens with zero attached hydrogens (tertiary/aromatic N) is 1. The van der Waals surface area contributed by atoms with E-state index in [0.29, 0.717) is 0 Å². The van der Waals surface area contributed by atoms with E-state index in [0.717, 1.165) is 38.2 Å². The van der Waals surface area contributed by atoms with Crippen molar-refractivity contribution in [1.82, 2.24) is 9.88 Å². The SMILES string of the molecule is Cc1ccc2c(c1)c1c(n2CCc2ccc(OC(C)(C)C)cc2)CCNC1. The van der Waals surface area contributed by atoms with Gasteiger partial charge in [0.25, 0.3) is 0 Å². The lowest BCUT2D eigenvalue weighted by Gasteiger charge is -2.21. The summed E-state index contributed by atoms with van der Waals surface area (Å²) in [5, 5.41) is 4.96. The van der Waals surface area contributed by atoms with Gasteiger partial charge in [0, 0.05) is 42.7 Å². The van der Waals surface area contributed by atoms with Crippen LogP contribution in [0, 0.1) is 6.92 Å². The Morgan fingerprint density at radius 3 is 2.59 bits per heavy atom. The van der Waals surface area contributed by atoms with Gasteiger partial charge in [-0.15, -0.1) is 0 Å². The zero-order valence-electron chi connectivity index (χ0n) is 16.9. The van der Waals surface area contributed by atoms with Gasteiger partial charge in [-0.25, -0.2) is 0 Å². The fourth-order valence-corrected chi connectivity index (χ4v) is 4.07. The molecule has 2 heterocycles. The summed E-state index contributed by atoms with van der Waals surface area (Å²) in [6.07, 6.45) is 2.15. The van der Waals surface area contributed by atoms with Crippen molar-refractivity contribution in [2.24, 2.45) is 0 Å². The molecule has 0 bridgehead atoms. The first-order valence-electron chi connectivity index (χ1n) is 10.00. The fourth-order valence-electron chi connectivity index (χ4n) is 4.07. The smallest absolute Gasteiger partial charge is 0.120 e. The Hall–Kier alpha value is -2.26. The second-order valence-corrected chi connectivity index (χ2v) is 8.63. The molecule has 0 amide bonds. The zero-order valence-corrected chi connectivity index (χ0v) is 16.9. The molecule has 0 saturated heterocycles. The average molecular weight is 363 g/mol. The predicted molar refractivity (Wildman–Crippen MR) is 113 cm³/mol. The molecule has 27 heavy (non-hydrogen) atoms. The van der Waals surface area contributed by atoms with E-state index in [4.69, 9.17) is 4.74 Å². The molecular weight excluding hydrogens is 332 g/mol. The maximum Gasteiger partial charge on any atom is 0.120 e. The van der Waals surface area contributed by atoms with E-state index in [2.05, 4.69) is 80.0 Å². The molecule has 0 unspecified atom stereocenters. The molecule has 0 fully saturated rings. The summed E-state index contributed by atoms with van der Waals surface area (Å²) in [7, 11) is 0. The summed E-state index contributed by atoms with van der Waals surface area (Å²) < 4.78 is 8.48. The Balaban J connectivity index is 1.57. The van der Waals surface area contributed by atoms with Crippen LogP contribution in [0.1, 0.15) is 43.2 Å². The van der Waals surface area contributed by atoms with Crippen LogP contribution in [0.5, 0.6) is 5.75 Å². The number of fused-ring (bicyclic) bond motifs is 3. The first kappa shape index (κ1) is 18.1. The highest BCUT2D eigenvalue weighted by Crippen LogP contribution is 2.30. The molecule has 1 aliphatic heterocycles. The van der Waals surface area contributed by atoms with E-state index >= 15 is 0 Å². The van der Waals surface area contributed by atoms with Crippen molar-refractivity contribution in [3.63, 3.8) is 0 Å². The molecule has 0 radical (unpaired) electrons. The summed E-state index contributed by atoms with van der Waals surface area (Å²) >= 11 is 0. The summed E-state index contributed by atoms with van der Waals surface area (Å²) in [5.41, 5.74) is 6.92. The van der Waals surface area contributed by atoms with Crippen LogP contribution in [0.15, 0.2) is 42.5 Å². The van der Waals surface area contributed by atoms with Gasteiger partial charge in [-0.2, -0.15) is 0 Å².